The molecule has 2 aromatic carbocycles. The highest BCUT2D eigenvalue weighted by atomic mass is 32.1. The van der Waals surface area contributed by atoms with Gasteiger partial charge in [0.1, 0.15) is 17.9 Å². The molecule has 31 heavy (non-hydrogen) atoms. The van der Waals surface area contributed by atoms with Crippen molar-refractivity contribution in [3.05, 3.63) is 71.7 Å². The molecule has 9 heteroatoms. The van der Waals surface area contributed by atoms with Crippen molar-refractivity contribution in [1.82, 2.24) is 9.88 Å². The van der Waals surface area contributed by atoms with Gasteiger partial charge in [-0.05, 0) is 36.5 Å². The van der Waals surface area contributed by atoms with E-state index < -0.39 is 23.6 Å². The van der Waals surface area contributed by atoms with E-state index in [4.69, 9.17) is 17.0 Å². The predicted octanol–water partition coefficient (Wildman–Crippen LogP) is 2.78. The number of carbonyl (C=O) groups is 3. The normalized spacial score (nSPS) is 15.5. The zero-order chi connectivity index (χ0) is 22.1. The molecule has 2 amide bonds. The van der Waals surface area contributed by atoms with Crippen molar-refractivity contribution in [3.8, 4) is 0 Å². The number of aromatic nitrogens is 1. The molecule has 1 fully saturated rings. The number of esters is 1. The van der Waals surface area contributed by atoms with Crippen molar-refractivity contribution < 1.29 is 23.5 Å². The first-order chi connectivity index (χ1) is 14.9. The maximum Gasteiger partial charge on any atom is 0.325 e. The van der Waals surface area contributed by atoms with E-state index in [-0.39, 0.29) is 22.9 Å². The van der Waals surface area contributed by atoms with Crippen LogP contribution in [0.4, 0.5) is 10.1 Å². The largest absolute Gasteiger partial charge is 0.468 e. The number of hydrogen-bond acceptors (Lipinski definition) is 5. The Kier molecular flexibility index (Phi) is 5.35. The summed E-state index contributed by atoms with van der Waals surface area (Å²) in [6, 6.07) is 12.9. The molecule has 0 atom stereocenters. The van der Waals surface area contributed by atoms with E-state index in [0.29, 0.717) is 5.56 Å². The van der Waals surface area contributed by atoms with Crippen LogP contribution in [0.1, 0.15) is 5.56 Å². The Hall–Kier alpha value is -3.85. The lowest BCUT2D eigenvalue weighted by molar-refractivity contribution is -0.141. The second kappa shape index (κ2) is 8.11. The highest BCUT2D eigenvalue weighted by Crippen LogP contribution is 2.27. The fourth-order valence-corrected chi connectivity index (χ4v) is 3.66. The molecular weight excluding hydrogens is 421 g/mol. The van der Waals surface area contributed by atoms with Crippen LogP contribution in [-0.4, -0.2) is 34.6 Å². The zero-order valence-electron chi connectivity index (χ0n) is 16.3. The molecule has 0 spiro atoms. The van der Waals surface area contributed by atoms with Crippen LogP contribution < -0.4 is 10.2 Å². The number of rotatable bonds is 4. The maximum atomic E-state index is 14.3. The molecule has 3 aromatic rings. The summed E-state index contributed by atoms with van der Waals surface area (Å²) >= 11 is 5.11. The molecule has 0 bridgehead atoms. The third-order valence-electron chi connectivity index (χ3n) is 4.84. The van der Waals surface area contributed by atoms with E-state index >= 15 is 0 Å². The lowest BCUT2D eigenvalue weighted by atomic mass is 10.1. The molecule has 1 saturated heterocycles. The van der Waals surface area contributed by atoms with E-state index in [1.807, 2.05) is 12.1 Å². The number of nitrogens with one attached hydrogen (secondary N) is 1. The minimum absolute atomic E-state index is 0.0359. The second-order valence-corrected chi connectivity index (χ2v) is 7.10. The molecule has 0 aliphatic carbocycles. The lowest BCUT2D eigenvalue weighted by Gasteiger charge is -2.29. The number of benzene rings is 2. The van der Waals surface area contributed by atoms with Gasteiger partial charge in [-0.1, -0.05) is 30.3 Å². The van der Waals surface area contributed by atoms with Crippen LogP contribution in [0.25, 0.3) is 17.0 Å². The Morgan fingerprint density at radius 2 is 1.87 bits per heavy atom. The van der Waals surface area contributed by atoms with Gasteiger partial charge in [-0.2, -0.15) is 0 Å². The third kappa shape index (κ3) is 3.71. The molecule has 0 unspecified atom stereocenters. The van der Waals surface area contributed by atoms with Gasteiger partial charge >= 0.3 is 5.97 Å². The van der Waals surface area contributed by atoms with Gasteiger partial charge in [-0.15, -0.1) is 0 Å². The molecule has 4 rings (SSSR count). The van der Waals surface area contributed by atoms with Crippen LogP contribution in [0.15, 0.2) is 60.3 Å². The van der Waals surface area contributed by atoms with Crippen molar-refractivity contribution >= 4 is 57.8 Å². The number of anilines is 1. The number of methoxy groups -OCH3 is 1. The first kappa shape index (κ1) is 20.4. The number of carbonyl (C=O) groups excluding carboxylic acids is 3. The Bertz CT molecular complexity index is 1280. The summed E-state index contributed by atoms with van der Waals surface area (Å²) in [7, 11) is 1.29. The van der Waals surface area contributed by atoms with E-state index in [0.717, 1.165) is 15.8 Å². The molecule has 0 saturated carbocycles. The number of halogens is 1. The van der Waals surface area contributed by atoms with Crippen LogP contribution in [-0.2, 0) is 25.7 Å². The van der Waals surface area contributed by atoms with Gasteiger partial charge < -0.3 is 9.30 Å². The average Bonchev–Trinajstić information content (AvgIpc) is 3.09. The summed E-state index contributed by atoms with van der Waals surface area (Å²) in [6.07, 6.45) is 3.05. The standard InChI is InChI=1S/C22H16FN3O4S/c1-30-19(27)12-25-11-13(14-6-2-4-8-17(14)25)10-15-20(28)24-22(31)26(21(15)29)18-9-5-3-7-16(18)23/h2-11H,12H2,1H3,(H,24,28,31). The third-order valence-corrected chi connectivity index (χ3v) is 5.13. The molecule has 7 nitrogen and oxygen atoms in total. The Morgan fingerprint density at radius 1 is 1.16 bits per heavy atom. The first-order valence-corrected chi connectivity index (χ1v) is 9.62. The predicted molar refractivity (Wildman–Crippen MR) is 117 cm³/mol. The number of ether oxygens (including phenoxy) is 1. The highest BCUT2D eigenvalue weighted by molar-refractivity contribution is 7.80. The summed E-state index contributed by atoms with van der Waals surface area (Å²) in [6.45, 7) is -0.0359. The van der Waals surface area contributed by atoms with Gasteiger partial charge in [0, 0.05) is 22.7 Å². The van der Waals surface area contributed by atoms with E-state index in [1.54, 1.807) is 29.0 Å². The molecular formula is C22H16FN3O4S. The quantitative estimate of drug-likeness (QED) is 0.294. The summed E-state index contributed by atoms with van der Waals surface area (Å²) in [5, 5.41) is 2.96. The molecule has 1 N–H and O–H groups in total. The van der Waals surface area contributed by atoms with Crippen molar-refractivity contribution in [3.63, 3.8) is 0 Å². The molecule has 0 radical (unpaired) electrons. The number of fused-ring (bicyclic) bond motifs is 1. The van der Waals surface area contributed by atoms with Gasteiger partial charge in [0.25, 0.3) is 11.8 Å². The van der Waals surface area contributed by atoms with Crippen molar-refractivity contribution in [2.24, 2.45) is 0 Å². The number of hydrogen-bond donors (Lipinski definition) is 1. The zero-order valence-corrected chi connectivity index (χ0v) is 17.1. The second-order valence-electron chi connectivity index (χ2n) is 6.71. The van der Waals surface area contributed by atoms with Gasteiger partial charge in [0.05, 0.1) is 12.8 Å². The van der Waals surface area contributed by atoms with E-state index in [1.165, 1.54) is 31.4 Å². The fraction of sp³-hybridized carbons (Fsp3) is 0.0909. The van der Waals surface area contributed by atoms with Crippen molar-refractivity contribution in [2.75, 3.05) is 12.0 Å². The van der Waals surface area contributed by atoms with Crippen LogP contribution in [0.5, 0.6) is 0 Å². The molecule has 2 heterocycles. The minimum atomic E-state index is -0.747. The van der Waals surface area contributed by atoms with Crippen LogP contribution >= 0.6 is 12.2 Å². The fourth-order valence-electron chi connectivity index (χ4n) is 3.39. The minimum Gasteiger partial charge on any atom is -0.468 e. The monoisotopic (exact) mass is 437 g/mol. The van der Waals surface area contributed by atoms with Crippen LogP contribution in [0.2, 0.25) is 0 Å². The maximum absolute atomic E-state index is 14.3. The van der Waals surface area contributed by atoms with Crippen molar-refractivity contribution in [1.29, 1.82) is 0 Å². The number of thiocarbonyl (C=S) groups is 1. The van der Waals surface area contributed by atoms with E-state index in [9.17, 15) is 18.8 Å². The topological polar surface area (TPSA) is 80.6 Å². The van der Waals surface area contributed by atoms with Gasteiger partial charge in [-0.25, -0.2) is 9.29 Å². The Labute approximate surface area is 181 Å². The lowest BCUT2D eigenvalue weighted by Crippen LogP contribution is -2.54. The molecule has 156 valence electrons. The molecule has 1 aliphatic rings. The Morgan fingerprint density at radius 3 is 2.61 bits per heavy atom. The summed E-state index contributed by atoms with van der Waals surface area (Å²) in [4.78, 5) is 38.4. The smallest absolute Gasteiger partial charge is 0.325 e. The number of amides is 2. The van der Waals surface area contributed by atoms with Crippen LogP contribution in [0, 0.1) is 5.82 Å². The Balaban J connectivity index is 1.81. The van der Waals surface area contributed by atoms with Crippen molar-refractivity contribution in [2.45, 2.75) is 6.54 Å². The first-order valence-electron chi connectivity index (χ1n) is 9.21. The van der Waals surface area contributed by atoms with Gasteiger partial charge in [0.2, 0.25) is 0 Å². The summed E-state index contributed by atoms with van der Waals surface area (Å²) < 4.78 is 20.7. The molecule has 1 aliphatic heterocycles. The summed E-state index contributed by atoms with van der Waals surface area (Å²) in [5.74, 6) is -2.53. The summed E-state index contributed by atoms with van der Waals surface area (Å²) in [5.41, 5.74) is 0.999. The van der Waals surface area contributed by atoms with Crippen LogP contribution in [0.3, 0.4) is 0 Å². The van der Waals surface area contributed by atoms with Gasteiger partial charge in [-0.3, -0.25) is 19.7 Å². The van der Waals surface area contributed by atoms with Gasteiger partial charge in [0.15, 0.2) is 5.11 Å². The SMILES string of the molecule is COC(=O)Cn1cc(C=C2C(=O)NC(=S)N(c3ccccc3F)C2=O)c2ccccc21. The number of nitrogens with zero attached hydrogens (tertiary/aromatic N) is 2. The number of para-hydroxylation sites is 2. The van der Waals surface area contributed by atoms with E-state index in [2.05, 4.69) is 5.32 Å². The molecule has 1 aromatic heterocycles. The average molecular weight is 437 g/mol. The highest BCUT2D eigenvalue weighted by Gasteiger charge is 2.35.